The van der Waals surface area contributed by atoms with Crippen molar-refractivity contribution in [3.8, 4) is 0 Å². The number of nitrogens with zero attached hydrogens (tertiary/aromatic N) is 12. The van der Waals surface area contributed by atoms with Gasteiger partial charge in [0.25, 0.3) is 0 Å². The molecule has 14 nitrogen and oxygen atoms in total. The molecule has 0 bridgehead atoms. The average Bonchev–Trinajstić information content (AvgIpc) is 4.29. The van der Waals surface area contributed by atoms with Crippen LogP contribution in [0, 0.1) is 50.9 Å². The molecular weight excluding hydrogens is 1260 g/mol. The molecule has 0 spiro atoms. The third-order valence-corrected chi connectivity index (χ3v) is 11.7. The maximum absolute atomic E-state index is 5.99. The molecule has 0 fully saturated rings. The molecule has 4 aliphatic rings. The number of para-hydroxylation sites is 4. The minimum Gasteiger partial charge on any atom is -0.514 e. The first-order valence-corrected chi connectivity index (χ1v) is 22.4. The summed E-state index contributed by atoms with van der Waals surface area (Å²) < 4.78 is 12.0. The summed E-state index contributed by atoms with van der Waals surface area (Å²) in [6.45, 7) is 7.95. The second-order valence-electron chi connectivity index (χ2n) is 16.5. The Morgan fingerprint density at radius 3 is 1.44 bits per heavy atom. The maximum Gasteiger partial charge on any atom is 0.128 e. The van der Waals surface area contributed by atoms with E-state index in [1.807, 2.05) is 240 Å². The fourth-order valence-corrected chi connectivity index (χ4v) is 8.42. The summed E-state index contributed by atoms with van der Waals surface area (Å²) in [5.41, 5.74) is 9.40. The van der Waals surface area contributed by atoms with Gasteiger partial charge < -0.3 is 48.0 Å². The van der Waals surface area contributed by atoms with Gasteiger partial charge in [-0.3, -0.25) is 0 Å². The van der Waals surface area contributed by atoms with Crippen LogP contribution in [0.4, 0.5) is 45.8 Å². The SMILES string of the molecule is CN1C=CN(c2[c-]ccc3c2oc2ccccc23)[CH-]1.CN1C=CN(c2[c-]ccc3c2oc2ccccc23)[CH-]1.CN1[CH-]N(c2[c-]cccc2)c2cncnc21.CN1[CH-]N(c2[c-]cccc2)c2ncncc21.[Ir].[Ir]. The Labute approximate surface area is 445 Å². The molecule has 6 aromatic carbocycles. The maximum atomic E-state index is 5.99. The predicted molar refractivity (Wildman–Crippen MR) is 277 cm³/mol. The smallest absolute Gasteiger partial charge is 0.128 e. The third kappa shape index (κ3) is 9.82. The normalized spacial score (nSPS) is 14.2. The second kappa shape index (κ2) is 21.7. The van der Waals surface area contributed by atoms with Crippen LogP contribution < -0.4 is 29.4 Å². The first kappa shape index (κ1) is 49.2. The molecule has 72 heavy (non-hydrogen) atoms. The van der Waals surface area contributed by atoms with Crippen LogP contribution in [0.3, 0.4) is 0 Å². The van der Waals surface area contributed by atoms with Gasteiger partial charge in [-0.15, -0.1) is 11.4 Å². The van der Waals surface area contributed by atoms with Crippen LogP contribution in [0.1, 0.15) is 0 Å². The number of anilines is 8. The summed E-state index contributed by atoms with van der Waals surface area (Å²) in [5.74, 6) is 1.80. The van der Waals surface area contributed by atoms with Crippen molar-refractivity contribution in [3.63, 3.8) is 0 Å². The van der Waals surface area contributed by atoms with Crippen LogP contribution in [-0.2, 0) is 40.2 Å². The second-order valence-corrected chi connectivity index (χ2v) is 16.5. The van der Waals surface area contributed by atoms with Crippen LogP contribution in [0.25, 0.3) is 43.9 Å². The zero-order valence-electron chi connectivity index (χ0n) is 39.3. The number of hydrogen-bond acceptors (Lipinski definition) is 14. The summed E-state index contributed by atoms with van der Waals surface area (Å²) in [4.78, 5) is 32.6. The van der Waals surface area contributed by atoms with E-state index < -0.39 is 0 Å². The van der Waals surface area contributed by atoms with Crippen LogP contribution in [-0.4, -0.2) is 57.9 Å². The van der Waals surface area contributed by atoms with E-state index in [0.717, 1.165) is 89.6 Å². The number of fused-ring (bicyclic) bond motifs is 8. The molecule has 10 aromatic rings. The van der Waals surface area contributed by atoms with E-state index in [2.05, 4.69) is 56.3 Å². The Morgan fingerprint density at radius 2 is 0.931 bits per heavy atom. The van der Waals surface area contributed by atoms with E-state index in [1.54, 1.807) is 12.7 Å². The van der Waals surface area contributed by atoms with Gasteiger partial charge in [0.2, 0.25) is 0 Å². The summed E-state index contributed by atoms with van der Waals surface area (Å²) in [6, 6.07) is 52.7. The molecular formula is C56H44Ir2N12O2-8. The molecule has 0 N–H and O–H groups in total. The van der Waals surface area contributed by atoms with Gasteiger partial charge in [-0.25, -0.2) is 19.9 Å². The van der Waals surface area contributed by atoms with Gasteiger partial charge in [0, 0.05) is 62.1 Å². The summed E-state index contributed by atoms with van der Waals surface area (Å²) in [6.07, 6.45) is 14.7. The molecule has 4 aromatic heterocycles. The number of hydrogen-bond donors (Lipinski definition) is 0. The van der Waals surface area contributed by atoms with Crippen molar-refractivity contribution >= 4 is 89.6 Å². The molecule has 16 heteroatoms. The monoisotopic (exact) mass is 1300 g/mol. The molecule has 0 unspecified atom stereocenters. The minimum atomic E-state index is 0. The Balaban J connectivity index is 0.000000118. The standard InChI is InChI=1S/2C16H12N2O.2C12H10N4.2Ir/c2*1-17-9-10-18(11-17)14-7-4-6-13-12-5-2-3-8-15(12)19-16(13)14;1-15-9-16(10-5-3-2-4-6-10)11-7-13-8-14-12(11)15;1-15-9-16(10-5-3-2-4-6-10)12-11(15)7-13-8-14-12;;/h2*2-6,8-11H,1H3;2*2-5,7-9H,1H3;;/q4*-2;;. The van der Waals surface area contributed by atoms with Gasteiger partial charge in [0.05, 0.1) is 23.8 Å². The fourth-order valence-electron chi connectivity index (χ4n) is 8.42. The largest absolute Gasteiger partial charge is 0.514 e. The van der Waals surface area contributed by atoms with Gasteiger partial charge in [-0.2, -0.15) is 124 Å². The molecule has 0 saturated carbocycles. The van der Waals surface area contributed by atoms with Crippen molar-refractivity contribution in [2.24, 2.45) is 0 Å². The van der Waals surface area contributed by atoms with Crippen molar-refractivity contribution in [1.29, 1.82) is 0 Å². The number of furan rings is 2. The van der Waals surface area contributed by atoms with Gasteiger partial charge in [0.15, 0.2) is 0 Å². The fraction of sp³-hybridized carbons (Fsp3) is 0.0714. The van der Waals surface area contributed by atoms with E-state index in [4.69, 9.17) is 8.83 Å². The first-order chi connectivity index (χ1) is 34.4. The molecule has 0 atom stereocenters. The third-order valence-electron chi connectivity index (χ3n) is 11.7. The topological polar surface area (TPSA) is 104 Å². The summed E-state index contributed by atoms with van der Waals surface area (Å²) in [7, 11) is 7.93. The Kier molecular flexibility index (Phi) is 14.9. The molecule has 0 aliphatic carbocycles. The van der Waals surface area contributed by atoms with Crippen molar-refractivity contribution < 1.29 is 49.0 Å². The molecule has 0 amide bonds. The molecule has 4 aliphatic heterocycles. The van der Waals surface area contributed by atoms with E-state index in [0.29, 0.717) is 0 Å². The number of rotatable bonds is 4. The molecule has 366 valence electrons. The van der Waals surface area contributed by atoms with Crippen LogP contribution >= 0.6 is 0 Å². The van der Waals surface area contributed by atoms with Crippen LogP contribution in [0.2, 0.25) is 0 Å². The number of aromatic nitrogens is 4. The van der Waals surface area contributed by atoms with Crippen molar-refractivity contribution in [1.82, 2.24) is 29.7 Å². The minimum absolute atomic E-state index is 0. The Bertz CT molecular complexity index is 3270. The summed E-state index contributed by atoms with van der Waals surface area (Å²) >= 11 is 0. The quantitative estimate of drug-likeness (QED) is 0.156. The van der Waals surface area contributed by atoms with Crippen molar-refractivity contribution in [3.05, 3.63) is 222 Å². The molecule has 0 saturated heterocycles. The molecule has 14 rings (SSSR count). The van der Waals surface area contributed by atoms with E-state index in [9.17, 15) is 0 Å². The van der Waals surface area contributed by atoms with E-state index >= 15 is 0 Å². The van der Waals surface area contributed by atoms with Crippen molar-refractivity contribution in [2.45, 2.75) is 0 Å². The van der Waals surface area contributed by atoms with Crippen molar-refractivity contribution in [2.75, 3.05) is 57.6 Å². The predicted octanol–water partition coefficient (Wildman–Crippen LogP) is 11.4. The van der Waals surface area contributed by atoms with Gasteiger partial charge >= 0.3 is 0 Å². The molecule has 8 heterocycles. The van der Waals surface area contributed by atoms with Gasteiger partial charge in [-0.1, -0.05) is 58.5 Å². The molecule has 2 radical (unpaired) electrons. The van der Waals surface area contributed by atoms with Gasteiger partial charge in [0.1, 0.15) is 35.5 Å². The zero-order valence-corrected chi connectivity index (χ0v) is 44.1. The summed E-state index contributed by atoms with van der Waals surface area (Å²) in [5, 5.41) is 4.54. The first-order valence-electron chi connectivity index (χ1n) is 22.4. The van der Waals surface area contributed by atoms with Gasteiger partial charge in [-0.05, 0) is 65.1 Å². The zero-order chi connectivity index (χ0) is 47.6. The Morgan fingerprint density at radius 1 is 0.444 bits per heavy atom. The van der Waals surface area contributed by atoms with Crippen LogP contribution in [0.5, 0.6) is 0 Å². The average molecular weight is 1300 g/mol. The van der Waals surface area contributed by atoms with Crippen LogP contribution in [0.15, 0.2) is 180 Å². The van der Waals surface area contributed by atoms with E-state index in [1.165, 1.54) is 0 Å². The number of benzene rings is 6. The van der Waals surface area contributed by atoms with E-state index in [-0.39, 0.29) is 40.2 Å². The Hall–Kier alpha value is -7.74.